The molecular weight excluding hydrogens is 530 g/mol. The van der Waals surface area contributed by atoms with Crippen molar-refractivity contribution < 1.29 is 9.13 Å². The van der Waals surface area contributed by atoms with E-state index < -0.39 is 0 Å². The molecule has 180 valence electrons. The Bertz CT molecular complexity index is 899. The molecule has 2 heterocycles. The standard InChI is InChI=1S/C26H35FN4O.HI/c1-19-8-10-20(11-9-19)25-21(5-4-16-32-25)18-29-26(28-2)30-23-12-14-31(15-13-23)24-7-3-6-22(27)17-24;/h3,6-11,17,21,23,25H,4-5,12-16,18H2,1-2H3,(H2,28,29,30);1H. The first-order chi connectivity index (χ1) is 15.6. The number of hydrogen-bond acceptors (Lipinski definition) is 3. The van der Waals surface area contributed by atoms with Gasteiger partial charge in [0.2, 0.25) is 0 Å². The van der Waals surface area contributed by atoms with E-state index in [2.05, 4.69) is 51.7 Å². The van der Waals surface area contributed by atoms with E-state index in [1.165, 1.54) is 17.2 Å². The maximum absolute atomic E-state index is 13.5. The number of nitrogens with one attached hydrogen (secondary N) is 2. The van der Waals surface area contributed by atoms with Gasteiger partial charge in [-0.25, -0.2) is 4.39 Å². The Morgan fingerprint density at radius 3 is 2.58 bits per heavy atom. The molecule has 2 aliphatic heterocycles. The summed E-state index contributed by atoms with van der Waals surface area (Å²) >= 11 is 0. The van der Waals surface area contributed by atoms with Crippen LogP contribution in [0.4, 0.5) is 10.1 Å². The summed E-state index contributed by atoms with van der Waals surface area (Å²) in [6, 6.07) is 15.9. The van der Waals surface area contributed by atoms with Crippen molar-refractivity contribution in [3.05, 3.63) is 65.5 Å². The summed E-state index contributed by atoms with van der Waals surface area (Å²) in [5.41, 5.74) is 3.49. The molecule has 0 bridgehead atoms. The highest BCUT2D eigenvalue weighted by Gasteiger charge is 2.28. The van der Waals surface area contributed by atoms with Gasteiger partial charge in [0.05, 0.1) is 6.10 Å². The van der Waals surface area contributed by atoms with E-state index in [-0.39, 0.29) is 35.9 Å². The van der Waals surface area contributed by atoms with Crippen molar-refractivity contribution in [1.29, 1.82) is 0 Å². The van der Waals surface area contributed by atoms with Crippen LogP contribution in [0.3, 0.4) is 0 Å². The van der Waals surface area contributed by atoms with Gasteiger partial charge in [0, 0.05) is 50.9 Å². The third kappa shape index (κ3) is 7.06. The minimum atomic E-state index is -0.178. The monoisotopic (exact) mass is 566 g/mol. The predicted octanol–water partition coefficient (Wildman–Crippen LogP) is 5.05. The molecule has 0 aromatic heterocycles. The van der Waals surface area contributed by atoms with Crippen LogP contribution in [-0.4, -0.2) is 45.3 Å². The second-order valence-electron chi connectivity index (χ2n) is 8.94. The minimum Gasteiger partial charge on any atom is -0.373 e. The molecule has 5 nitrogen and oxygen atoms in total. The Balaban J connectivity index is 0.00000306. The second-order valence-corrected chi connectivity index (χ2v) is 8.94. The fourth-order valence-corrected chi connectivity index (χ4v) is 4.75. The highest BCUT2D eigenvalue weighted by molar-refractivity contribution is 14.0. The maximum Gasteiger partial charge on any atom is 0.191 e. The Hall–Kier alpha value is -1.87. The number of ether oxygens (including phenoxy) is 1. The molecule has 4 rings (SSSR count). The Kier molecular flexibility index (Phi) is 9.79. The molecule has 2 atom stereocenters. The van der Waals surface area contributed by atoms with E-state index in [0.29, 0.717) is 12.0 Å². The van der Waals surface area contributed by atoms with Gasteiger partial charge in [0.25, 0.3) is 0 Å². The molecule has 7 heteroatoms. The first-order valence-electron chi connectivity index (χ1n) is 11.8. The predicted molar refractivity (Wildman–Crippen MR) is 144 cm³/mol. The number of piperidine rings is 1. The van der Waals surface area contributed by atoms with Gasteiger partial charge in [-0.1, -0.05) is 35.9 Å². The number of nitrogens with zero attached hydrogens (tertiary/aromatic N) is 2. The lowest BCUT2D eigenvalue weighted by Crippen LogP contribution is -2.50. The van der Waals surface area contributed by atoms with Gasteiger partial charge in [-0.2, -0.15) is 0 Å². The fourth-order valence-electron chi connectivity index (χ4n) is 4.75. The van der Waals surface area contributed by atoms with Crippen LogP contribution in [0, 0.1) is 18.7 Å². The largest absolute Gasteiger partial charge is 0.373 e. The second kappa shape index (κ2) is 12.6. The van der Waals surface area contributed by atoms with Gasteiger partial charge in [-0.3, -0.25) is 4.99 Å². The first-order valence-corrected chi connectivity index (χ1v) is 11.8. The molecule has 2 unspecified atom stereocenters. The van der Waals surface area contributed by atoms with Crippen LogP contribution in [0.2, 0.25) is 0 Å². The van der Waals surface area contributed by atoms with Gasteiger partial charge in [0.15, 0.2) is 5.96 Å². The van der Waals surface area contributed by atoms with Crippen molar-refractivity contribution in [1.82, 2.24) is 10.6 Å². The van der Waals surface area contributed by atoms with E-state index in [9.17, 15) is 4.39 Å². The van der Waals surface area contributed by atoms with Crippen molar-refractivity contribution in [2.45, 2.75) is 44.8 Å². The zero-order chi connectivity index (χ0) is 22.3. The normalized spacial score (nSPS) is 21.9. The SMILES string of the molecule is CN=C(NCC1CCCOC1c1ccc(C)cc1)NC1CCN(c2cccc(F)c2)CC1.I. The molecule has 2 aromatic rings. The highest BCUT2D eigenvalue weighted by atomic mass is 127. The topological polar surface area (TPSA) is 48.9 Å². The zero-order valence-electron chi connectivity index (χ0n) is 19.6. The number of halogens is 2. The third-order valence-electron chi connectivity index (χ3n) is 6.62. The molecule has 0 radical (unpaired) electrons. The van der Waals surface area contributed by atoms with Gasteiger partial charge < -0.3 is 20.3 Å². The average molecular weight is 567 g/mol. The number of aliphatic imine (C=N–C) groups is 1. The van der Waals surface area contributed by atoms with Crippen molar-refractivity contribution in [3.63, 3.8) is 0 Å². The smallest absolute Gasteiger partial charge is 0.191 e. The van der Waals surface area contributed by atoms with Crippen LogP contribution in [0.25, 0.3) is 0 Å². The Labute approximate surface area is 214 Å². The highest BCUT2D eigenvalue weighted by Crippen LogP contribution is 2.33. The lowest BCUT2D eigenvalue weighted by Gasteiger charge is -2.35. The Morgan fingerprint density at radius 2 is 1.88 bits per heavy atom. The van der Waals surface area contributed by atoms with Crippen molar-refractivity contribution >= 4 is 35.6 Å². The van der Waals surface area contributed by atoms with Gasteiger partial charge in [0.1, 0.15) is 5.82 Å². The summed E-state index contributed by atoms with van der Waals surface area (Å²) in [5.74, 6) is 1.09. The molecule has 2 saturated heterocycles. The van der Waals surface area contributed by atoms with E-state index in [0.717, 1.165) is 63.6 Å². The maximum atomic E-state index is 13.5. The molecule has 0 spiro atoms. The third-order valence-corrected chi connectivity index (χ3v) is 6.62. The van der Waals surface area contributed by atoms with Gasteiger partial charge >= 0.3 is 0 Å². The van der Waals surface area contributed by atoms with Crippen LogP contribution >= 0.6 is 24.0 Å². The molecule has 33 heavy (non-hydrogen) atoms. The summed E-state index contributed by atoms with van der Waals surface area (Å²) in [6.45, 7) is 5.59. The quantitative estimate of drug-likeness (QED) is 0.302. The first kappa shape index (κ1) is 25.7. The molecule has 2 fully saturated rings. The number of aryl methyl sites for hydroxylation is 1. The van der Waals surface area contributed by atoms with Crippen LogP contribution in [-0.2, 0) is 4.74 Å². The molecule has 2 N–H and O–H groups in total. The molecule has 0 aliphatic carbocycles. The lowest BCUT2D eigenvalue weighted by molar-refractivity contribution is -0.0265. The lowest BCUT2D eigenvalue weighted by atomic mass is 9.89. The number of guanidine groups is 1. The van der Waals surface area contributed by atoms with Crippen molar-refractivity contribution in [2.75, 3.05) is 38.2 Å². The fraction of sp³-hybridized carbons (Fsp3) is 0.500. The van der Waals surface area contributed by atoms with Crippen molar-refractivity contribution in [3.8, 4) is 0 Å². The summed E-state index contributed by atoms with van der Waals surface area (Å²) in [4.78, 5) is 6.71. The van der Waals surface area contributed by atoms with Gasteiger partial charge in [-0.05, 0) is 56.4 Å². The summed E-state index contributed by atoms with van der Waals surface area (Å²) in [7, 11) is 1.83. The Morgan fingerprint density at radius 1 is 1.12 bits per heavy atom. The molecular formula is C26H36FIN4O. The van der Waals surface area contributed by atoms with Gasteiger partial charge in [-0.15, -0.1) is 24.0 Å². The molecule has 2 aliphatic rings. The van der Waals surface area contributed by atoms with E-state index in [1.54, 1.807) is 12.1 Å². The number of hydrogen-bond donors (Lipinski definition) is 2. The minimum absolute atomic E-state index is 0. The van der Waals surface area contributed by atoms with Crippen LogP contribution in [0.15, 0.2) is 53.5 Å². The summed E-state index contributed by atoms with van der Waals surface area (Å²) in [6.07, 6.45) is 4.36. The number of benzene rings is 2. The molecule has 2 aromatic carbocycles. The average Bonchev–Trinajstić information content (AvgIpc) is 2.83. The summed E-state index contributed by atoms with van der Waals surface area (Å²) < 4.78 is 19.7. The molecule has 0 saturated carbocycles. The number of anilines is 1. The van der Waals surface area contributed by atoms with E-state index >= 15 is 0 Å². The van der Waals surface area contributed by atoms with E-state index in [4.69, 9.17) is 4.74 Å². The van der Waals surface area contributed by atoms with Crippen LogP contribution in [0.1, 0.15) is 42.9 Å². The van der Waals surface area contributed by atoms with E-state index in [1.807, 2.05) is 13.1 Å². The molecule has 0 amide bonds. The van der Waals surface area contributed by atoms with Crippen LogP contribution < -0.4 is 15.5 Å². The van der Waals surface area contributed by atoms with Crippen molar-refractivity contribution in [2.24, 2.45) is 10.9 Å². The summed E-state index contributed by atoms with van der Waals surface area (Å²) in [5, 5.41) is 7.13. The zero-order valence-corrected chi connectivity index (χ0v) is 21.9. The van der Waals surface area contributed by atoms with Crippen LogP contribution in [0.5, 0.6) is 0 Å². The number of rotatable bonds is 5.